The van der Waals surface area contributed by atoms with Crippen LogP contribution >= 0.6 is 22.6 Å². The molecule has 0 radical (unpaired) electrons. The van der Waals surface area contributed by atoms with Gasteiger partial charge in [0.05, 0.1) is 5.60 Å². The first-order valence-corrected chi connectivity index (χ1v) is 5.40. The molecule has 0 spiro atoms. The highest BCUT2D eigenvalue weighted by Gasteiger charge is 2.17. The van der Waals surface area contributed by atoms with Gasteiger partial charge in [0.2, 0.25) is 0 Å². The Morgan fingerprint density at radius 2 is 1.79 bits per heavy atom. The maximum Gasteiger partial charge on any atom is 0.331 e. The molecule has 0 unspecified atom stereocenters. The van der Waals surface area contributed by atoms with Crippen LogP contribution < -0.4 is 0 Å². The van der Waals surface area contributed by atoms with Crippen LogP contribution in [0.3, 0.4) is 0 Å². The Kier molecular flexibility index (Phi) is 5.08. The third kappa shape index (κ3) is 7.32. The van der Waals surface area contributed by atoms with Gasteiger partial charge >= 0.3 is 5.97 Å². The number of hydrogen-bond acceptors (Lipinski definition) is 3. The number of alkyl halides is 1. The third-order valence-electron chi connectivity index (χ3n) is 1.49. The molecule has 0 aromatic rings. The van der Waals surface area contributed by atoms with Crippen molar-refractivity contribution >= 4 is 28.6 Å². The van der Waals surface area contributed by atoms with Gasteiger partial charge in [-0.3, -0.25) is 0 Å². The van der Waals surface area contributed by atoms with E-state index in [9.17, 15) is 4.79 Å². The van der Waals surface area contributed by atoms with E-state index in [-0.39, 0.29) is 5.97 Å². The Labute approximate surface area is 99.0 Å². The van der Waals surface area contributed by atoms with Crippen molar-refractivity contribution in [3.8, 4) is 0 Å². The molecule has 0 aromatic carbocycles. The summed E-state index contributed by atoms with van der Waals surface area (Å²) in [4.78, 5) is 11.3. The molecule has 0 atom stereocenters. The summed E-state index contributed by atoms with van der Waals surface area (Å²) in [5.74, 6) is -0.352. The van der Waals surface area contributed by atoms with E-state index < -0.39 is 9.21 Å². The Morgan fingerprint density at radius 3 is 2.14 bits per heavy atom. The summed E-state index contributed by atoms with van der Waals surface area (Å²) in [7, 11) is 1.60. The maximum atomic E-state index is 11.3. The third-order valence-corrected chi connectivity index (χ3v) is 1.71. The summed E-state index contributed by atoms with van der Waals surface area (Å²) in [6.07, 6.45) is 3.07. The lowest BCUT2D eigenvalue weighted by Gasteiger charge is -2.19. The molecule has 0 heterocycles. The van der Waals surface area contributed by atoms with Crippen LogP contribution in [0, 0.1) is 0 Å². The molecular formula is C10H17IO3. The predicted octanol–water partition coefficient (Wildman–Crippen LogP) is 2.68. The zero-order valence-electron chi connectivity index (χ0n) is 9.26. The number of ether oxygens (including phenoxy) is 2. The summed E-state index contributed by atoms with van der Waals surface area (Å²) >= 11 is 2.05. The highest BCUT2D eigenvalue weighted by Crippen LogP contribution is 2.18. The number of hydrogen-bond donors (Lipinski definition) is 0. The van der Waals surface area contributed by atoms with Crippen molar-refractivity contribution in [2.45, 2.75) is 36.9 Å². The Hall–Kier alpha value is -0.100. The van der Waals surface area contributed by atoms with E-state index in [0.29, 0.717) is 0 Å². The number of rotatable bonds is 4. The Bertz CT molecular complexity index is 226. The first-order valence-electron chi connectivity index (χ1n) is 4.32. The minimum absolute atomic E-state index is 0.352. The second kappa shape index (κ2) is 5.11. The molecule has 0 aliphatic heterocycles. The molecule has 0 aromatic heterocycles. The van der Waals surface area contributed by atoms with E-state index in [1.165, 1.54) is 6.08 Å². The summed E-state index contributed by atoms with van der Waals surface area (Å²) in [5.41, 5.74) is -0.436. The highest BCUT2D eigenvalue weighted by atomic mass is 127. The van der Waals surface area contributed by atoms with Gasteiger partial charge in [-0.25, -0.2) is 4.79 Å². The van der Waals surface area contributed by atoms with Gasteiger partial charge in [0.25, 0.3) is 0 Å². The maximum absolute atomic E-state index is 11.3. The van der Waals surface area contributed by atoms with Gasteiger partial charge < -0.3 is 9.47 Å². The Morgan fingerprint density at radius 1 is 1.29 bits per heavy atom. The fourth-order valence-corrected chi connectivity index (χ4v) is 0.827. The van der Waals surface area contributed by atoms with Crippen molar-refractivity contribution in [2.75, 3.05) is 7.11 Å². The molecule has 0 N–H and O–H groups in total. The van der Waals surface area contributed by atoms with Crippen LogP contribution in [0.15, 0.2) is 12.2 Å². The predicted molar refractivity (Wildman–Crippen MR) is 64.4 cm³/mol. The standard InChI is InChI=1S/C10H17IO3/c1-9(2,13-5)7-6-8(12)14-10(3,4)11/h6-7H,1-5H3. The van der Waals surface area contributed by atoms with E-state index in [0.717, 1.165) is 0 Å². The number of methoxy groups -OCH3 is 1. The molecule has 82 valence electrons. The molecule has 0 saturated carbocycles. The quantitative estimate of drug-likeness (QED) is 0.346. The van der Waals surface area contributed by atoms with Crippen LogP contribution in [0.25, 0.3) is 0 Å². The van der Waals surface area contributed by atoms with Crippen LogP contribution in [-0.2, 0) is 14.3 Å². The molecule has 0 fully saturated rings. The topological polar surface area (TPSA) is 35.5 Å². The molecule has 0 aliphatic rings. The van der Waals surface area contributed by atoms with Crippen LogP contribution in [0.2, 0.25) is 0 Å². The summed E-state index contributed by atoms with van der Waals surface area (Å²) < 4.78 is 9.73. The molecular weight excluding hydrogens is 295 g/mol. The zero-order valence-corrected chi connectivity index (χ0v) is 11.4. The molecule has 14 heavy (non-hydrogen) atoms. The number of carbonyl (C=O) groups is 1. The summed E-state index contributed by atoms with van der Waals surface area (Å²) in [6.45, 7) is 7.37. The van der Waals surface area contributed by atoms with Gasteiger partial charge in [-0.1, -0.05) is 0 Å². The SMILES string of the molecule is COC(C)(C)C=CC(=O)OC(C)(C)I. The van der Waals surface area contributed by atoms with Gasteiger partial charge in [-0.15, -0.1) is 0 Å². The fourth-order valence-electron chi connectivity index (χ4n) is 0.610. The molecule has 0 aliphatic carbocycles. The van der Waals surface area contributed by atoms with Crippen molar-refractivity contribution in [1.29, 1.82) is 0 Å². The molecule has 0 rings (SSSR count). The molecule has 3 nitrogen and oxygen atoms in total. The van der Waals surface area contributed by atoms with Gasteiger partial charge in [0.15, 0.2) is 3.61 Å². The van der Waals surface area contributed by atoms with Gasteiger partial charge in [0.1, 0.15) is 0 Å². The first-order chi connectivity index (χ1) is 6.16. The van der Waals surface area contributed by atoms with E-state index in [1.807, 2.05) is 27.7 Å². The van der Waals surface area contributed by atoms with Crippen LogP contribution in [-0.4, -0.2) is 22.3 Å². The van der Waals surface area contributed by atoms with Gasteiger partial charge in [-0.2, -0.15) is 0 Å². The average molecular weight is 312 g/mol. The van der Waals surface area contributed by atoms with Crippen LogP contribution in [0.1, 0.15) is 27.7 Å². The molecule has 0 amide bonds. The monoisotopic (exact) mass is 312 g/mol. The second-order valence-corrected chi connectivity index (χ2v) is 6.52. The van der Waals surface area contributed by atoms with E-state index >= 15 is 0 Å². The largest absolute Gasteiger partial charge is 0.446 e. The van der Waals surface area contributed by atoms with Crippen molar-refractivity contribution in [2.24, 2.45) is 0 Å². The van der Waals surface area contributed by atoms with E-state index in [4.69, 9.17) is 9.47 Å². The van der Waals surface area contributed by atoms with E-state index in [2.05, 4.69) is 22.6 Å². The minimum Gasteiger partial charge on any atom is -0.446 e. The summed E-state index contributed by atoms with van der Waals surface area (Å²) in [6, 6.07) is 0. The lowest BCUT2D eigenvalue weighted by Crippen LogP contribution is -2.22. The minimum atomic E-state index is -0.476. The molecule has 4 heteroatoms. The van der Waals surface area contributed by atoms with Crippen molar-refractivity contribution in [1.82, 2.24) is 0 Å². The normalized spacial score (nSPS) is 13.3. The average Bonchev–Trinajstić information content (AvgIpc) is 1.98. The van der Waals surface area contributed by atoms with Crippen LogP contribution in [0.5, 0.6) is 0 Å². The summed E-state index contributed by atoms with van der Waals surface area (Å²) in [5, 5.41) is 0. The smallest absolute Gasteiger partial charge is 0.331 e. The highest BCUT2D eigenvalue weighted by molar-refractivity contribution is 14.1. The zero-order chi connectivity index (χ0) is 11.4. The van der Waals surface area contributed by atoms with Crippen molar-refractivity contribution in [3.63, 3.8) is 0 Å². The number of esters is 1. The fraction of sp³-hybridized carbons (Fsp3) is 0.700. The second-order valence-electron chi connectivity index (χ2n) is 3.93. The lowest BCUT2D eigenvalue weighted by atomic mass is 10.1. The Balaban J connectivity index is 4.20. The van der Waals surface area contributed by atoms with Crippen LogP contribution in [0.4, 0.5) is 0 Å². The van der Waals surface area contributed by atoms with Gasteiger partial charge in [-0.05, 0) is 56.4 Å². The van der Waals surface area contributed by atoms with Gasteiger partial charge in [0, 0.05) is 13.2 Å². The number of halogens is 1. The number of carbonyl (C=O) groups excluding carboxylic acids is 1. The lowest BCUT2D eigenvalue weighted by molar-refractivity contribution is -0.142. The molecule has 0 bridgehead atoms. The molecule has 0 saturated heterocycles. The van der Waals surface area contributed by atoms with Crippen molar-refractivity contribution in [3.05, 3.63) is 12.2 Å². The van der Waals surface area contributed by atoms with Crippen molar-refractivity contribution < 1.29 is 14.3 Å². The first kappa shape index (κ1) is 13.9. The van der Waals surface area contributed by atoms with E-state index in [1.54, 1.807) is 13.2 Å².